The molecule has 3 rings (SSSR count). The lowest BCUT2D eigenvalue weighted by atomic mass is 10.2. The highest BCUT2D eigenvalue weighted by Crippen LogP contribution is 2.16. The molecule has 0 atom stereocenters. The van der Waals surface area contributed by atoms with Crippen LogP contribution in [0.2, 0.25) is 0 Å². The van der Waals surface area contributed by atoms with E-state index < -0.39 is 0 Å². The van der Waals surface area contributed by atoms with Gasteiger partial charge in [0.15, 0.2) is 0 Å². The number of benzene rings is 2. The zero-order valence-electron chi connectivity index (χ0n) is 16.8. The van der Waals surface area contributed by atoms with E-state index in [1.54, 1.807) is 0 Å². The minimum atomic E-state index is -0.0258. The van der Waals surface area contributed by atoms with Gasteiger partial charge in [0, 0.05) is 45.0 Å². The quantitative estimate of drug-likeness (QED) is 0.800. The zero-order valence-corrected chi connectivity index (χ0v) is 16.8. The van der Waals surface area contributed by atoms with E-state index in [1.807, 2.05) is 61.5 Å². The molecule has 0 saturated carbocycles. The van der Waals surface area contributed by atoms with Gasteiger partial charge in [-0.15, -0.1) is 0 Å². The third-order valence-corrected chi connectivity index (χ3v) is 4.80. The van der Waals surface area contributed by atoms with E-state index in [0.29, 0.717) is 6.61 Å². The Kier molecular flexibility index (Phi) is 7.28. The Hall–Kier alpha value is -2.57. The average molecular weight is 383 g/mol. The number of ether oxygens (including phenoxy) is 1. The van der Waals surface area contributed by atoms with Crippen LogP contribution in [0.5, 0.6) is 5.75 Å². The summed E-state index contributed by atoms with van der Waals surface area (Å²) in [4.78, 5) is 18.8. The second kappa shape index (κ2) is 10.1. The molecule has 1 heterocycles. The number of piperazine rings is 1. The molecule has 0 unspecified atom stereocenters. The Labute approximate surface area is 167 Å². The Balaban J connectivity index is 1.44. The molecule has 0 aliphatic carbocycles. The Morgan fingerprint density at radius 2 is 1.79 bits per heavy atom. The molecule has 1 aliphatic heterocycles. The molecule has 2 amide bonds. The summed E-state index contributed by atoms with van der Waals surface area (Å²) in [6, 6.07) is 17.9. The zero-order chi connectivity index (χ0) is 19.8. The van der Waals surface area contributed by atoms with Crippen molar-refractivity contribution >= 4 is 11.7 Å². The number of carbonyl (C=O) groups excluding carboxylic acids is 1. The van der Waals surface area contributed by atoms with Crippen molar-refractivity contribution in [3.8, 4) is 5.75 Å². The van der Waals surface area contributed by atoms with Gasteiger partial charge in [-0.2, -0.15) is 0 Å². The SMILES string of the molecule is CN(C)CCOc1cccc(CN2CCN(C(=O)Nc3ccccc3)CC2)c1. The summed E-state index contributed by atoms with van der Waals surface area (Å²) in [5.74, 6) is 0.917. The Morgan fingerprint density at radius 3 is 2.50 bits per heavy atom. The summed E-state index contributed by atoms with van der Waals surface area (Å²) in [6.45, 7) is 5.67. The summed E-state index contributed by atoms with van der Waals surface area (Å²) in [7, 11) is 4.08. The second-order valence-corrected chi connectivity index (χ2v) is 7.36. The minimum Gasteiger partial charge on any atom is -0.492 e. The van der Waals surface area contributed by atoms with E-state index >= 15 is 0 Å². The number of urea groups is 1. The van der Waals surface area contributed by atoms with Gasteiger partial charge in [0.1, 0.15) is 12.4 Å². The summed E-state index contributed by atoms with van der Waals surface area (Å²) in [5, 5.41) is 2.96. The maximum Gasteiger partial charge on any atom is 0.321 e. The number of hydrogen-bond donors (Lipinski definition) is 1. The third kappa shape index (κ3) is 6.25. The topological polar surface area (TPSA) is 48.1 Å². The molecule has 0 spiro atoms. The first-order valence-electron chi connectivity index (χ1n) is 9.80. The van der Waals surface area contributed by atoms with Crippen LogP contribution in [0, 0.1) is 0 Å². The largest absolute Gasteiger partial charge is 0.492 e. The molecular formula is C22H30N4O2. The van der Waals surface area contributed by atoms with E-state index in [-0.39, 0.29) is 6.03 Å². The fraction of sp³-hybridized carbons (Fsp3) is 0.409. The molecule has 1 aliphatic rings. The standard InChI is InChI=1S/C22H30N4O2/c1-24(2)15-16-28-21-10-6-7-19(17-21)18-25-11-13-26(14-12-25)22(27)23-20-8-4-3-5-9-20/h3-10,17H,11-16,18H2,1-2H3,(H,23,27). The number of carbonyl (C=O) groups is 1. The van der Waals surface area contributed by atoms with Crippen molar-refractivity contribution in [3.63, 3.8) is 0 Å². The van der Waals surface area contributed by atoms with Gasteiger partial charge in [0.05, 0.1) is 0 Å². The molecule has 0 bridgehead atoms. The number of amides is 2. The normalized spacial score (nSPS) is 14.9. The van der Waals surface area contributed by atoms with E-state index in [1.165, 1.54) is 5.56 Å². The molecule has 1 saturated heterocycles. The number of para-hydroxylation sites is 1. The van der Waals surface area contributed by atoms with Crippen molar-refractivity contribution in [2.24, 2.45) is 0 Å². The average Bonchev–Trinajstić information content (AvgIpc) is 2.69. The lowest BCUT2D eigenvalue weighted by Gasteiger charge is -2.34. The van der Waals surface area contributed by atoms with Gasteiger partial charge in [-0.25, -0.2) is 4.79 Å². The number of rotatable bonds is 7. The van der Waals surface area contributed by atoms with Gasteiger partial charge in [-0.05, 0) is 43.9 Å². The Bertz CT molecular complexity index is 743. The highest BCUT2D eigenvalue weighted by atomic mass is 16.5. The van der Waals surface area contributed by atoms with Crippen LogP contribution in [0.25, 0.3) is 0 Å². The van der Waals surface area contributed by atoms with Gasteiger partial charge < -0.3 is 19.9 Å². The van der Waals surface area contributed by atoms with E-state index in [9.17, 15) is 4.79 Å². The van der Waals surface area contributed by atoms with Gasteiger partial charge >= 0.3 is 6.03 Å². The molecule has 150 valence electrons. The monoisotopic (exact) mass is 382 g/mol. The lowest BCUT2D eigenvalue weighted by Crippen LogP contribution is -2.49. The van der Waals surface area contributed by atoms with Crippen LogP contribution in [0.3, 0.4) is 0 Å². The lowest BCUT2D eigenvalue weighted by molar-refractivity contribution is 0.143. The molecule has 1 fully saturated rings. The van der Waals surface area contributed by atoms with Crippen molar-refractivity contribution < 1.29 is 9.53 Å². The first kappa shape index (κ1) is 20.2. The Morgan fingerprint density at radius 1 is 1.04 bits per heavy atom. The smallest absolute Gasteiger partial charge is 0.321 e. The maximum atomic E-state index is 12.4. The molecule has 6 heteroatoms. The molecule has 0 aromatic heterocycles. The number of anilines is 1. The van der Waals surface area contributed by atoms with E-state index in [2.05, 4.69) is 27.2 Å². The van der Waals surface area contributed by atoms with Crippen molar-refractivity contribution in [1.82, 2.24) is 14.7 Å². The summed E-state index contributed by atoms with van der Waals surface area (Å²) in [6.07, 6.45) is 0. The molecule has 6 nitrogen and oxygen atoms in total. The first-order valence-corrected chi connectivity index (χ1v) is 9.80. The summed E-state index contributed by atoms with van der Waals surface area (Å²) in [5.41, 5.74) is 2.07. The van der Waals surface area contributed by atoms with Crippen LogP contribution in [0.15, 0.2) is 54.6 Å². The third-order valence-electron chi connectivity index (χ3n) is 4.80. The highest BCUT2D eigenvalue weighted by molar-refractivity contribution is 5.89. The molecule has 2 aromatic rings. The minimum absolute atomic E-state index is 0.0258. The second-order valence-electron chi connectivity index (χ2n) is 7.36. The highest BCUT2D eigenvalue weighted by Gasteiger charge is 2.21. The van der Waals surface area contributed by atoms with Crippen LogP contribution < -0.4 is 10.1 Å². The van der Waals surface area contributed by atoms with Crippen molar-refractivity contribution in [2.75, 3.05) is 58.7 Å². The predicted molar refractivity (Wildman–Crippen MR) is 113 cm³/mol. The molecule has 0 radical (unpaired) electrons. The van der Waals surface area contributed by atoms with Crippen LogP contribution in [-0.4, -0.2) is 74.2 Å². The van der Waals surface area contributed by atoms with Crippen LogP contribution >= 0.6 is 0 Å². The molecular weight excluding hydrogens is 352 g/mol. The van der Waals surface area contributed by atoms with Gasteiger partial charge in [-0.3, -0.25) is 4.90 Å². The maximum absolute atomic E-state index is 12.4. The number of nitrogens with one attached hydrogen (secondary N) is 1. The van der Waals surface area contributed by atoms with Crippen LogP contribution in [0.4, 0.5) is 10.5 Å². The fourth-order valence-electron chi connectivity index (χ4n) is 3.17. The number of likely N-dealkylation sites (N-methyl/N-ethyl adjacent to an activating group) is 1. The predicted octanol–water partition coefficient (Wildman–Crippen LogP) is 2.98. The molecule has 28 heavy (non-hydrogen) atoms. The van der Waals surface area contributed by atoms with Crippen LogP contribution in [-0.2, 0) is 6.54 Å². The first-order chi connectivity index (χ1) is 13.6. The molecule has 2 aromatic carbocycles. The van der Waals surface area contributed by atoms with Crippen molar-refractivity contribution in [2.45, 2.75) is 6.54 Å². The molecule has 1 N–H and O–H groups in total. The van der Waals surface area contributed by atoms with Gasteiger partial charge in [0.2, 0.25) is 0 Å². The van der Waals surface area contributed by atoms with E-state index in [4.69, 9.17) is 4.74 Å². The number of hydrogen-bond acceptors (Lipinski definition) is 4. The summed E-state index contributed by atoms with van der Waals surface area (Å²) >= 11 is 0. The van der Waals surface area contributed by atoms with Crippen molar-refractivity contribution in [3.05, 3.63) is 60.2 Å². The summed E-state index contributed by atoms with van der Waals surface area (Å²) < 4.78 is 5.83. The fourth-order valence-corrected chi connectivity index (χ4v) is 3.17. The van der Waals surface area contributed by atoms with E-state index in [0.717, 1.165) is 50.7 Å². The van der Waals surface area contributed by atoms with Crippen LogP contribution in [0.1, 0.15) is 5.56 Å². The van der Waals surface area contributed by atoms with Gasteiger partial charge in [0.25, 0.3) is 0 Å². The van der Waals surface area contributed by atoms with Gasteiger partial charge in [-0.1, -0.05) is 30.3 Å². The van der Waals surface area contributed by atoms with Crippen molar-refractivity contribution in [1.29, 1.82) is 0 Å². The number of nitrogens with zero attached hydrogens (tertiary/aromatic N) is 3.